The Balaban J connectivity index is 2.18. The van der Waals surface area contributed by atoms with Crippen LogP contribution in [0, 0.1) is 0 Å². The number of nitrogens with one attached hydrogen (secondary N) is 1. The second kappa shape index (κ2) is 7.27. The Morgan fingerprint density at radius 3 is 2.50 bits per heavy atom. The average Bonchev–Trinajstić information content (AvgIpc) is 2.71. The predicted molar refractivity (Wildman–Crippen MR) is 80.7 cm³/mol. The van der Waals surface area contributed by atoms with E-state index in [4.69, 9.17) is 4.74 Å². The Morgan fingerprint density at radius 1 is 1.22 bits per heavy atom. The maximum absolute atomic E-state index is 5.63. The van der Waals surface area contributed by atoms with Gasteiger partial charge in [0.25, 0.3) is 0 Å². The van der Waals surface area contributed by atoms with E-state index in [-0.39, 0.29) is 5.41 Å². The van der Waals surface area contributed by atoms with Crippen LogP contribution in [0.5, 0.6) is 0 Å². The molecule has 0 aliphatic rings. The van der Waals surface area contributed by atoms with Crippen molar-refractivity contribution in [1.82, 2.24) is 5.32 Å². The number of hydrogen-bond acceptors (Lipinski definition) is 3. The third-order valence-corrected chi connectivity index (χ3v) is 4.26. The molecule has 0 aliphatic heterocycles. The smallest absolute Gasteiger partial charge is 0.0591 e. The molecule has 1 aromatic rings. The highest BCUT2D eigenvalue weighted by atomic mass is 32.1. The zero-order valence-electron chi connectivity index (χ0n) is 12.4. The Hall–Kier alpha value is -0.380. The minimum atomic E-state index is 0.269. The second-order valence-electron chi connectivity index (χ2n) is 5.99. The van der Waals surface area contributed by atoms with Crippen LogP contribution in [0.15, 0.2) is 12.1 Å². The molecule has 0 bridgehead atoms. The van der Waals surface area contributed by atoms with E-state index in [1.807, 2.05) is 11.3 Å². The van der Waals surface area contributed by atoms with E-state index in [2.05, 4.69) is 52.1 Å². The molecular formula is C15H27NOS. The van der Waals surface area contributed by atoms with Crippen LogP contribution in [0.3, 0.4) is 0 Å². The van der Waals surface area contributed by atoms with E-state index in [0.717, 1.165) is 26.2 Å². The monoisotopic (exact) mass is 269 g/mol. The normalized spacial score (nSPS) is 12.3. The zero-order chi connectivity index (χ0) is 13.6. The van der Waals surface area contributed by atoms with Crippen LogP contribution < -0.4 is 5.32 Å². The largest absolute Gasteiger partial charge is 0.380 e. The van der Waals surface area contributed by atoms with Gasteiger partial charge >= 0.3 is 0 Å². The molecule has 0 fully saturated rings. The Morgan fingerprint density at radius 2 is 1.94 bits per heavy atom. The van der Waals surface area contributed by atoms with E-state index in [1.165, 1.54) is 9.75 Å². The SMILES string of the molecule is CC(C)NCCOCCc1ccc(C(C)(C)C)s1. The molecule has 3 heteroatoms. The van der Waals surface area contributed by atoms with Crippen LogP contribution >= 0.6 is 11.3 Å². The molecule has 2 nitrogen and oxygen atoms in total. The number of ether oxygens (including phenoxy) is 1. The van der Waals surface area contributed by atoms with Gasteiger partial charge in [-0.2, -0.15) is 0 Å². The van der Waals surface area contributed by atoms with E-state index < -0.39 is 0 Å². The summed E-state index contributed by atoms with van der Waals surface area (Å²) in [6.45, 7) is 13.7. The predicted octanol–water partition coefficient (Wildman–Crippen LogP) is 3.60. The summed E-state index contributed by atoms with van der Waals surface area (Å²) >= 11 is 1.91. The van der Waals surface area contributed by atoms with Crippen LogP contribution in [-0.2, 0) is 16.6 Å². The van der Waals surface area contributed by atoms with Crippen molar-refractivity contribution in [3.63, 3.8) is 0 Å². The van der Waals surface area contributed by atoms with Crippen LogP contribution in [0.2, 0.25) is 0 Å². The van der Waals surface area contributed by atoms with E-state index in [1.54, 1.807) is 0 Å². The molecular weight excluding hydrogens is 242 g/mol. The first-order valence-electron chi connectivity index (χ1n) is 6.80. The Labute approximate surface area is 116 Å². The van der Waals surface area contributed by atoms with Gasteiger partial charge in [-0.05, 0) is 17.5 Å². The molecule has 0 saturated heterocycles. The summed E-state index contributed by atoms with van der Waals surface area (Å²) in [7, 11) is 0. The van der Waals surface area contributed by atoms with E-state index >= 15 is 0 Å². The van der Waals surface area contributed by atoms with Crippen LogP contribution in [0.1, 0.15) is 44.4 Å². The lowest BCUT2D eigenvalue weighted by atomic mass is 9.95. The molecule has 0 aliphatic carbocycles. The highest BCUT2D eigenvalue weighted by molar-refractivity contribution is 7.12. The molecule has 1 aromatic heterocycles. The fourth-order valence-electron chi connectivity index (χ4n) is 1.61. The number of thiophene rings is 1. The lowest BCUT2D eigenvalue weighted by Gasteiger charge is -2.15. The summed E-state index contributed by atoms with van der Waals surface area (Å²) < 4.78 is 5.63. The van der Waals surface area contributed by atoms with Gasteiger partial charge in [0.1, 0.15) is 0 Å². The topological polar surface area (TPSA) is 21.3 Å². The summed E-state index contributed by atoms with van der Waals surface area (Å²) in [6.07, 6.45) is 1.03. The van der Waals surface area contributed by atoms with Crippen LogP contribution in [0.4, 0.5) is 0 Å². The van der Waals surface area contributed by atoms with Crippen molar-refractivity contribution in [2.45, 2.75) is 52.5 Å². The highest BCUT2D eigenvalue weighted by Crippen LogP contribution is 2.29. The fourth-order valence-corrected chi connectivity index (χ4v) is 2.66. The van der Waals surface area contributed by atoms with Crippen molar-refractivity contribution in [2.75, 3.05) is 19.8 Å². The average molecular weight is 269 g/mol. The maximum atomic E-state index is 5.63. The van der Waals surface area contributed by atoms with E-state index in [9.17, 15) is 0 Å². The molecule has 0 unspecified atom stereocenters. The molecule has 0 saturated carbocycles. The molecule has 1 heterocycles. The summed E-state index contributed by atoms with van der Waals surface area (Å²) in [5.41, 5.74) is 0.269. The van der Waals surface area contributed by atoms with Crippen molar-refractivity contribution < 1.29 is 4.74 Å². The quantitative estimate of drug-likeness (QED) is 0.764. The molecule has 1 rings (SSSR count). The summed E-state index contributed by atoms with van der Waals surface area (Å²) in [6, 6.07) is 5.03. The standard InChI is InChI=1S/C15H27NOS/c1-12(2)16-9-11-17-10-8-13-6-7-14(18-13)15(3,4)5/h6-7,12,16H,8-11H2,1-5H3. The third-order valence-electron chi connectivity index (χ3n) is 2.69. The van der Waals surface area contributed by atoms with Gasteiger partial charge in [-0.15, -0.1) is 11.3 Å². The number of rotatable bonds is 7. The minimum absolute atomic E-state index is 0.269. The molecule has 0 amide bonds. The highest BCUT2D eigenvalue weighted by Gasteiger charge is 2.15. The molecule has 0 atom stereocenters. The molecule has 104 valence electrons. The summed E-state index contributed by atoms with van der Waals surface area (Å²) in [5.74, 6) is 0. The van der Waals surface area contributed by atoms with Crippen molar-refractivity contribution in [2.24, 2.45) is 0 Å². The number of hydrogen-bond donors (Lipinski definition) is 1. The molecule has 0 radical (unpaired) electrons. The van der Waals surface area contributed by atoms with Gasteiger partial charge in [0.05, 0.1) is 13.2 Å². The first kappa shape index (κ1) is 15.7. The molecule has 0 aromatic carbocycles. The Bertz CT molecular complexity index is 339. The van der Waals surface area contributed by atoms with Crippen LogP contribution in [0.25, 0.3) is 0 Å². The van der Waals surface area contributed by atoms with Gasteiger partial charge in [-0.25, -0.2) is 0 Å². The van der Waals surface area contributed by atoms with Gasteiger partial charge in [0.2, 0.25) is 0 Å². The van der Waals surface area contributed by atoms with Gasteiger partial charge < -0.3 is 10.1 Å². The third kappa shape index (κ3) is 5.98. The van der Waals surface area contributed by atoms with Gasteiger partial charge in [-0.3, -0.25) is 0 Å². The van der Waals surface area contributed by atoms with Gasteiger partial charge in [0, 0.05) is 28.8 Å². The first-order valence-corrected chi connectivity index (χ1v) is 7.61. The second-order valence-corrected chi connectivity index (χ2v) is 7.16. The molecule has 0 spiro atoms. The summed E-state index contributed by atoms with van der Waals surface area (Å²) in [4.78, 5) is 2.88. The van der Waals surface area contributed by atoms with E-state index in [0.29, 0.717) is 6.04 Å². The van der Waals surface area contributed by atoms with Crippen LogP contribution in [-0.4, -0.2) is 25.8 Å². The lowest BCUT2D eigenvalue weighted by Crippen LogP contribution is -2.26. The lowest BCUT2D eigenvalue weighted by molar-refractivity contribution is 0.138. The molecule has 1 N–H and O–H groups in total. The van der Waals surface area contributed by atoms with Crippen molar-refractivity contribution in [3.05, 3.63) is 21.9 Å². The van der Waals surface area contributed by atoms with Crippen molar-refractivity contribution in [1.29, 1.82) is 0 Å². The zero-order valence-corrected chi connectivity index (χ0v) is 13.2. The van der Waals surface area contributed by atoms with Gasteiger partial charge in [-0.1, -0.05) is 34.6 Å². The summed E-state index contributed by atoms with van der Waals surface area (Å²) in [5, 5.41) is 3.35. The van der Waals surface area contributed by atoms with Gasteiger partial charge in [0.15, 0.2) is 0 Å². The Kier molecular flexibility index (Phi) is 6.33. The minimum Gasteiger partial charge on any atom is -0.380 e. The maximum Gasteiger partial charge on any atom is 0.0591 e. The fraction of sp³-hybridized carbons (Fsp3) is 0.733. The first-order chi connectivity index (χ1) is 8.39. The van der Waals surface area contributed by atoms with Crippen molar-refractivity contribution in [3.8, 4) is 0 Å². The molecule has 18 heavy (non-hydrogen) atoms. The van der Waals surface area contributed by atoms with Crippen molar-refractivity contribution >= 4 is 11.3 Å².